The lowest BCUT2D eigenvalue weighted by Gasteiger charge is -2.02. The van der Waals surface area contributed by atoms with Gasteiger partial charge in [-0.05, 0) is 12.1 Å². The molecule has 1 fully saturated rings. The van der Waals surface area contributed by atoms with Gasteiger partial charge in [-0.2, -0.15) is 0 Å². The zero-order chi connectivity index (χ0) is 8.72. The molecule has 0 saturated carbocycles. The van der Waals surface area contributed by atoms with E-state index in [1.54, 1.807) is 0 Å². The van der Waals surface area contributed by atoms with Gasteiger partial charge in [-0.1, -0.05) is 11.6 Å². The highest BCUT2D eigenvalue weighted by atomic mass is 35.5. The van der Waals surface area contributed by atoms with Crippen LogP contribution >= 0.6 is 11.6 Å². The van der Waals surface area contributed by atoms with Gasteiger partial charge in [0, 0.05) is 12.1 Å². The number of hydrogen-bond acceptors (Lipinski definition) is 1. The van der Waals surface area contributed by atoms with Crippen LogP contribution in [0, 0.1) is 11.6 Å². The molecular weight excluding hydrogens is 184 g/mol. The van der Waals surface area contributed by atoms with Crippen LogP contribution in [0.1, 0.15) is 11.6 Å². The van der Waals surface area contributed by atoms with E-state index in [1.165, 1.54) is 12.1 Å². The van der Waals surface area contributed by atoms with Gasteiger partial charge < -0.3 is 5.32 Å². The summed E-state index contributed by atoms with van der Waals surface area (Å²) in [6.07, 6.45) is 0. The molecule has 1 N–H and O–H groups in total. The minimum absolute atomic E-state index is 0.0277. The highest BCUT2D eigenvalue weighted by molar-refractivity contribution is 6.30. The predicted molar refractivity (Wildman–Crippen MR) is 42.1 cm³/mol. The summed E-state index contributed by atoms with van der Waals surface area (Å²) in [7, 11) is 0. The Labute approximate surface area is 73.3 Å². The van der Waals surface area contributed by atoms with E-state index in [4.69, 9.17) is 11.6 Å². The molecule has 1 aromatic carbocycles. The lowest BCUT2D eigenvalue weighted by atomic mass is 10.1. The van der Waals surface area contributed by atoms with Crippen molar-refractivity contribution < 1.29 is 8.78 Å². The van der Waals surface area contributed by atoms with Crippen LogP contribution in [0.4, 0.5) is 8.78 Å². The van der Waals surface area contributed by atoms with Gasteiger partial charge in [0.1, 0.15) is 11.6 Å². The molecule has 12 heavy (non-hydrogen) atoms. The Morgan fingerprint density at radius 2 is 2.08 bits per heavy atom. The van der Waals surface area contributed by atoms with Gasteiger partial charge in [0.25, 0.3) is 0 Å². The number of benzene rings is 1. The molecule has 1 saturated heterocycles. The zero-order valence-corrected chi connectivity index (χ0v) is 6.83. The second-order valence-electron chi connectivity index (χ2n) is 2.72. The van der Waals surface area contributed by atoms with Crippen molar-refractivity contribution in [3.63, 3.8) is 0 Å². The summed E-state index contributed by atoms with van der Waals surface area (Å²) in [5.41, 5.74) is 0.0579. The minimum atomic E-state index is -0.647. The van der Waals surface area contributed by atoms with E-state index in [-0.39, 0.29) is 16.6 Å². The molecule has 1 heterocycles. The quantitative estimate of drug-likeness (QED) is 0.531. The third kappa shape index (κ3) is 1.19. The SMILES string of the molecule is Fc1ccc(Cl)c(F)c1[C@H]1CN1. The second kappa shape index (κ2) is 2.68. The molecule has 0 spiro atoms. The van der Waals surface area contributed by atoms with Crippen molar-refractivity contribution in [1.82, 2.24) is 5.32 Å². The summed E-state index contributed by atoms with van der Waals surface area (Å²) < 4.78 is 26.1. The molecule has 1 aromatic rings. The number of hydrogen-bond donors (Lipinski definition) is 1. The molecule has 0 unspecified atom stereocenters. The Bertz CT molecular complexity index is 323. The molecule has 0 aliphatic carbocycles. The van der Waals surface area contributed by atoms with Gasteiger partial charge in [-0.15, -0.1) is 0 Å². The summed E-state index contributed by atoms with van der Waals surface area (Å²) >= 11 is 5.49. The molecule has 0 amide bonds. The van der Waals surface area contributed by atoms with Crippen molar-refractivity contribution in [2.75, 3.05) is 6.54 Å². The molecule has 1 nitrogen and oxygen atoms in total. The monoisotopic (exact) mass is 189 g/mol. The lowest BCUT2D eigenvalue weighted by Crippen LogP contribution is -1.96. The van der Waals surface area contributed by atoms with Crippen molar-refractivity contribution in [2.24, 2.45) is 0 Å². The summed E-state index contributed by atoms with van der Waals surface area (Å²) in [6.45, 7) is 0.619. The topological polar surface area (TPSA) is 21.9 Å². The Hall–Kier alpha value is -0.670. The summed E-state index contributed by atoms with van der Waals surface area (Å²) in [5, 5.41) is 2.79. The highest BCUT2D eigenvalue weighted by Crippen LogP contribution is 2.30. The Morgan fingerprint density at radius 3 is 2.67 bits per heavy atom. The largest absolute Gasteiger partial charge is 0.307 e. The molecule has 64 valence electrons. The van der Waals surface area contributed by atoms with Gasteiger partial charge in [0.2, 0.25) is 0 Å². The minimum Gasteiger partial charge on any atom is -0.307 e. The fraction of sp³-hybridized carbons (Fsp3) is 0.250. The first-order valence-corrected chi connectivity index (χ1v) is 3.94. The third-order valence-electron chi connectivity index (χ3n) is 1.84. The summed E-state index contributed by atoms with van der Waals surface area (Å²) in [6, 6.07) is 2.21. The van der Waals surface area contributed by atoms with Crippen LogP contribution in [0.3, 0.4) is 0 Å². The molecule has 1 atom stereocenters. The van der Waals surface area contributed by atoms with Crippen LogP contribution in [0.15, 0.2) is 12.1 Å². The van der Waals surface area contributed by atoms with Crippen molar-refractivity contribution in [1.29, 1.82) is 0 Å². The van der Waals surface area contributed by atoms with Gasteiger partial charge in [-0.25, -0.2) is 8.78 Å². The van der Waals surface area contributed by atoms with Crippen molar-refractivity contribution >= 4 is 11.6 Å². The fourth-order valence-corrected chi connectivity index (χ4v) is 1.29. The maximum Gasteiger partial charge on any atom is 0.149 e. The van der Waals surface area contributed by atoms with Gasteiger partial charge in [-0.3, -0.25) is 0 Å². The fourth-order valence-electron chi connectivity index (χ4n) is 1.13. The first kappa shape index (κ1) is 7.95. The van der Waals surface area contributed by atoms with Crippen molar-refractivity contribution in [2.45, 2.75) is 6.04 Å². The van der Waals surface area contributed by atoms with Crippen LogP contribution in [0.2, 0.25) is 5.02 Å². The molecule has 0 aromatic heterocycles. The lowest BCUT2D eigenvalue weighted by molar-refractivity contribution is 0.556. The van der Waals surface area contributed by atoms with Crippen LogP contribution < -0.4 is 5.32 Å². The van der Waals surface area contributed by atoms with E-state index in [2.05, 4.69) is 5.32 Å². The van der Waals surface area contributed by atoms with E-state index >= 15 is 0 Å². The van der Waals surface area contributed by atoms with Crippen molar-refractivity contribution in [3.8, 4) is 0 Å². The van der Waals surface area contributed by atoms with Gasteiger partial charge in [0.05, 0.1) is 11.1 Å². The van der Waals surface area contributed by atoms with Crippen LogP contribution in [-0.4, -0.2) is 6.54 Å². The number of rotatable bonds is 1. The van der Waals surface area contributed by atoms with E-state index in [9.17, 15) is 8.78 Å². The van der Waals surface area contributed by atoms with Gasteiger partial charge in [0.15, 0.2) is 0 Å². The molecular formula is C8H6ClF2N. The Balaban J connectivity index is 2.55. The molecule has 2 rings (SSSR count). The van der Waals surface area contributed by atoms with E-state index in [0.717, 1.165) is 0 Å². The average Bonchev–Trinajstić information content (AvgIpc) is 2.81. The second-order valence-corrected chi connectivity index (χ2v) is 3.12. The normalized spacial score (nSPS) is 21.1. The van der Waals surface area contributed by atoms with Crippen LogP contribution in [0.5, 0.6) is 0 Å². The van der Waals surface area contributed by atoms with Crippen LogP contribution in [0.25, 0.3) is 0 Å². The van der Waals surface area contributed by atoms with Crippen molar-refractivity contribution in [3.05, 3.63) is 34.4 Å². The van der Waals surface area contributed by atoms with Crippen LogP contribution in [-0.2, 0) is 0 Å². The summed E-state index contributed by atoms with van der Waals surface area (Å²) in [5.74, 6) is -1.18. The first-order valence-electron chi connectivity index (χ1n) is 3.57. The van der Waals surface area contributed by atoms with Gasteiger partial charge >= 0.3 is 0 Å². The highest BCUT2D eigenvalue weighted by Gasteiger charge is 2.29. The smallest absolute Gasteiger partial charge is 0.149 e. The third-order valence-corrected chi connectivity index (χ3v) is 2.13. The summed E-state index contributed by atoms with van der Waals surface area (Å²) in [4.78, 5) is 0. The average molecular weight is 190 g/mol. The Morgan fingerprint density at radius 1 is 1.42 bits per heavy atom. The first-order chi connectivity index (χ1) is 5.70. The maximum atomic E-state index is 13.1. The molecule has 0 bridgehead atoms. The van der Waals surface area contributed by atoms with E-state index in [0.29, 0.717) is 6.54 Å². The molecule has 1 aliphatic heterocycles. The zero-order valence-electron chi connectivity index (χ0n) is 6.07. The van der Waals surface area contributed by atoms with E-state index in [1.807, 2.05) is 0 Å². The maximum absolute atomic E-state index is 13.1. The van der Waals surface area contributed by atoms with E-state index < -0.39 is 11.6 Å². The predicted octanol–water partition coefficient (Wildman–Crippen LogP) is 2.26. The standard InChI is InChI=1S/C8H6ClF2N/c9-4-1-2-5(10)7(8(4)11)6-3-12-6/h1-2,6,12H,3H2/t6-/m1/s1. The Kier molecular flexibility index (Phi) is 1.77. The molecule has 4 heteroatoms. The number of halogens is 3. The molecule has 1 aliphatic rings. The number of nitrogens with one attached hydrogen (secondary N) is 1. The molecule has 0 radical (unpaired) electrons.